The number of carbonyl (C=O) groups is 1. The van der Waals surface area contributed by atoms with Crippen LogP contribution in [0, 0.1) is 6.92 Å². The number of furan rings is 1. The number of halogens is 1. The molecule has 0 aliphatic rings. The van der Waals surface area contributed by atoms with Crippen molar-refractivity contribution in [3.05, 3.63) is 88.8 Å². The van der Waals surface area contributed by atoms with E-state index in [4.69, 9.17) is 16.0 Å². The number of aryl methyl sites for hydroxylation is 1. The second-order valence-electron chi connectivity index (χ2n) is 6.38. The fourth-order valence-corrected chi connectivity index (χ4v) is 3.18. The van der Waals surface area contributed by atoms with Crippen LogP contribution in [0.5, 0.6) is 0 Å². The van der Waals surface area contributed by atoms with Crippen molar-refractivity contribution in [2.75, 3.05) is 0 Å². The zero-order chi connectivity index (χ0) is 19.7. The molecule has 5 heteroatoms. The van der Waals surface area contributed by atoms with Gasteiger partial charge in [0.25, 0.3) is 0 Å². The predicted molar refractivity (Wildman–Crippen MR) is 109 cm³/mol. The van der Waals surface area contributed by atoms with Crippen LogP contribution < -0.4 is 5.11 Å². The van der Waals surface area contributed by atoms with E-state index in [1.54, 1.807) is 36.4 Å². The highest BCUT2D eigenvalue weighted by molar-refractivity contribution is 6.30. The zero-order valence-electron chi connectivity index (χ0n) is 15.0. The lowest BCUT2D eigenvalue weighted by Gasteiger charge is -2.11. The molecule has 0 saturated carbocycles. The number of carboxylic acids is 1. The summed E-state index contributed by atoms with van der Waals surface area (Å²) in [6, 6.07) is 19.9. The molecule has 4 rings (SSSR count). The number of nitrogens with zero attached hydrogens (tertiary/aromatic N) is 1. The average Bonchev–Trinajstić information content (AvgIpc) is 3.15. The topological polar surface area (TPSA) is 66.2 Å². The molecule has 0 saturated heterocycles. The van der Waals surface area contributed by atoms with Crippen molar-refractivity contribution in [3.8, 4) is 11.3 Å². The van der Waals surface area contributed by atoms with E-state index in [0.29, 0.717) is 27.6 Å². The number of fused-ring (bicyclic) bond motifs is 1. The fraction of sp³-hybridized carbons (Fsp3) is 0.0435. The number of carboxylic acid groups (broad SMARTS) is 1. The molecule has 28 heavy (non-hydrogen) atoms. The summed E-state index contributed by atoms with van der Waals surface area (Å²) in [4.78, 5) is 16.4. The number of aromatic nitrogens is 1. The number of para-hydroxylation sites is 1. The molecule has 2 aromatic carbocycles. The minimum Gasteiger partial charge on any atom is -0.545 e. The Labute approximate surface area is 166 Å². The lowest BCUT2D eigenvalue weighted by atomic mass is 10.0. The molecule has 0 aliphatic carbocycles. The molecule has 0 amide bonds. The Morgan fingerprint density at radius 3 is 2.57 bits per heavy atom. The molecular weight excluding hydrogens is 374 g/mol. The summed E-state index contributed by atoms with van der Waals surface area (Å²) < 4.78 is 5.82. The first-order chi connectivity index (χ1) is 13.5. The zero-order valence-corrected chi connectivity index (χ0v) is 15.7. The maximum atomic E-state index is 11.9. The summed E-state index contributed by atoms with van der Waals surface area (Å²) in [5.74, 6) is -0.262. The molecule has 0 atom stereocenters. The van der Waals surface area contributed by atoms with Gasteiger partial charge >= 0.3 is 0 Å². The van der Waals surface area contributed by atoms with Crippen LogP contribution >= 0.6 is 11.6 Å². The monoisotopic (exact) mass is 388 g/mol. The largest absolute Gasteiger partial charge is 0.545 e. The van der Waals surface area contributed by atoms with Crippen molar-refractivity contribution in [1.82, 2.24) is 4.98 Å². The van der Waals surface area contributed by atoms with E-state index < -0.39 is 5.97 Å². The van der Waals surface area contributed by atoms with Crippen LogP contribution in [-0.4, -0.2) is 11.0 Å². The van der Waals surface area contributed by atoms with E-state index in [1.807, 2.05) is 37.3 Å². The summed E-state index contributed by atoms with van der Waals surface area (Å²) in [5, 5.41) is 13.4. The van der Waals surface area contributed by atoms with Gasteiger partial charge in [0.2, 0.25) is 0 Å². The van der Waals surface area contributed by atoms with E-state index in [1.165, 1.54) is 6.08 Å². The van der Waals surface area contributed by atoms with E-state index >= 15 is 0 Å². The smallest absolute Gasteiger partial charge is 0.134 e. The number of carbonyl (C=O) groups excluding carboxylic acids is 1. The normalized spacial score (nSPS) is 11.7. The molecule has 0 radical (unpaired) electrons. The number of benzene rings is 2. The van der Waals surface area contributed by atoms with Gasteiger partial charge in [-0.05, 0) is 55.5 Å². The molecule has 0 aliphatic heterocycles. The first-order valence-corrected chi connectivity index (χ1v) is 9.04. The molecule has 2 aromatic heterocycles. The third kappa shape index (κ3) is 3.55. The number of hydrogen-bond donors (Lipinski definition) is 0. The van der Waals surface area contributed by atoms with E-state index in [-0.39, 0.29) is 5.57 Å². The Morgan fingerprint density at radius 2 is 1.82 bits per heavy atom. The van der Waals surface area contributed by atoms with Gasteiger partial charge in [-0.25, -0.2) is 0 Å². The summed E-state index contributed by atoms with van der Waals surface area (Å²) in [5.41, 5.74) is 2.77. The predicted octanol–water partition coefficient (Wildman–Crippen LogP) is 4.75. The van der Waals surface area contributed by atoms with Gasteiger partial charge in [-0.3, -0.25) is 4.98 Å². The van der Waals surface area contributed by atoms with E-state index in [9.17, 15) is 9.90 Å². The van der Waals surface area contributed by atoms with Crippen LogP contribution in [0.4, 0.5) is 0 Å². The van der Waals surface area contributed by atoms with Gasteiger partial charge in [-0.2, -0.15) is 0 Å². The third-order valence-corrected chi connectivity index (χ3v) is 4.66. The highest BCUT2D eigenvalue weighted by Gasteiger charge is 2.11. The Hall–Kier alpha value is -3.37. The van der Waals surface area contributed by atoms with Gasteiger partial charge in [0, 0.05) is 32.8 Å². The number of hydrogen-bond acceptors (Lipinski definition) is 4. The molecule has 4 nitrogen and oxygen atoms in total. The van der Waals surface area contributed by atoms with Gasteiger partial charge in [0.1, 0.15) is 11.5 Å². The lowest BCUT2D eigenvalue weighted by Crippen LogP contribution is -2.23. The summed E-state index contributed by atoms with van der Waals surface area (Å²) in [6.07, 6.45) is 1.47. The molecule has 0 bridgehead atoms. The van der Waals surface area contributed by atoms with Crippen LogP contribution in [0.2, 0.25) is 5.02 Å². The Bertz CT molecular complexity index is 1210. The minimum atomic E-state index is -1.29. The van der Waals surface area contributed by atoms with Gasteiger partial charge in [0.15, 0.2) is 0 Å². The summed E-state index contributed by atoms with van der Waals surface area (Å²) >= 11 is 5.92. The quantitative estimate of drug-likeness (QED) is 0.473. The minimum absolute atomic E-state index is 0.0145. The number of pyridine rings is 1. The molecule has 0 N–H and O–H groups in total. The number of rotatable bonds is 4. The summed E-state index contributed by atoms with van der Waals surface area (Å²) in [6.45, 7) is 1.86. The molecule has 0 spiro atoms. The number of aliphatic carboxylic acids is 1. The van der Waals surface area contributed by atoms with Crippen LogP contribution in [0.25, 0.3) is 33.9 Å². The second-order valence-corrected chi connectivity index (χ2v) is 6.82. The van der Waals surface area contributed by atoms with E-state index in [0.717, 1.165) is 16.6 Å². The van der Waals surface area contributed by atoms with Crippen LogP contribution in [-0.2, 0) is 4.79 Å². The maximum Gasteiger partial charge on any atom is 0.134 e. The van der Waals surface area contributed by atoms with Crippen molar-refractivity contribution in [2.45, 2.75) is 6.92 Å². The molecule has 0 unspecified atom stereocenters. The maximum absolute atomic E-state index is 11.9. The van der Waals surface area contributed by atoms with Crippen molar-refractivity contribution >= 4 is 40.1 Å². The highest BCUT2D eigenvalue weighted by atomic mass is 35.5. The van der Waals surface area contributed by atoms with Gasteiger partial charge in [0.05, 0.1) is 11.5 Å². The van der Waals surface area contributed by atoms with Gasteiger partial charge in [-0.1, -0.05) is 35.9 Å². The standard InChI is InChI=1S/C23H16ClNO3/c1-14-5-6-16-3-2-4-19(22(16)25-14)20(23(26)27)13-18-11-12-21(28-18)15-7-9-17(24)10-8-15/h2-13H,1H3,(H,26,27)/p-1/b20-13-. The molecule has 138 valence electrons. The van der Waals surface area contributed by atoms with Crippen molar-refractivity contribution in [1.29, 1.82) is 0 Å². The second kappa shape index (κ2) is 7.33. The van der Waals surface area contributed by atoms with Crippen LogP contribution in [0.3, 0.4) is 0 Å². The lowest BCUT2D eigenvalue weighted by molar-refractivity contribution is -0.295. The first kappa shape index (κ1) is 18.0. The van der Waals surface area contributed by atoms with Crippen LogP contribution in [0.15, 0.2) is 71.1 Å². The van der Waals surface area contributed by atoms with Crippen molar-refractivity contribution in [3.63, 3.8) is 0 Å². The Kier molecular flexibility index (Phi) is 4.72. The van der Waals surface area contributed by atoms with Crippen LogP contribution in [0.1, 0.15) is 17.0 Å². The van der Waals surface area contributed by atoms with Crippen molar-refractivity contribution in [2.24, 2.45) is 0 Å². The van der Waals surface area contributed by atoms with E-state index in [2.05, 4.69) is 4.98 Å². The molecule has 4 aromatic rings. The van der Waals surface area contributed by atoms with Gasteiger partial charge in [-0.15, -0.1) is 0 Å². The Morgan fingerprint density at radius 1 is 1.04 bits per heavy atom. The summed E-state index contributed by atoms with van der Waals surface area (Å²) in [7, 11) is 0. The fourth-order valence-electron chi connectivity index (χ4n) is 3.05. The van der Waals surface area contributed by atoms with Gasteiger partial charge < -0.3 is 14.3 Å². The molecule has 0 fully saturated rings. The van der Waals surface area contributed by atoms with Crippen molar-refractivity contribution < 1.29 is 14.3 Å². The first-order valence-electron chi connectivity index (χ1n) is 8.67. The average molecular weight is 389 g/mol. The molecule has 2 heterocycles. The molecular formula is C23H15ClNO3-. The highest BCUT2D eigenvalue weighted by Crippen LogP contribution is 2.28. The SMILES string of the molecule is Cc1ccc2cccc(/C(=C/c3ccc(-c4ccc(Cl)cc4)o3)C(=O)[O-])c2n1. The third-order valence-electron chi connectivity index (χ3n) is 4.41. The Balaban J connectivity index is 1.80.